The number of benzene rings is 2. The molecule has 0 spiro atoms. The van der Waals surface area contributed by atoms with Crippen LogP contribution in [0, 0.1) is 0 Å². The van der Waals surface area contributed by atoms with Gasteiger partial charge in [-0.1, -0.05) is 42.5 Å². The molecule has 0 atom stereocenters. The number of methoxy groups -OCH3 is 1. The number of carboxylic acids is 1. The van der Waals surface area contributed by atoms with E-state index in [0.29, 0.717) is 24.3 Å². The van der Waals surface area contributed by atoms with Gasteiger partial charge in [-0.15, -0.1) is 0 Å². The van der Waals surface area contributed by atoms with Gasteiger partial charge >= 0.3 is 11.9 Å². The first-order chi connectivity index (χ1) is 11.6. The summed E-state index contributed by atoms with van der Waals surface area (Å²) in [5.74, 6) is -0.674. The Kier molecular flexibility index (Phi) is 6.37. The van der Waals surface area contributed by atoms with Crippen molar-refractivity contribution in [3.05, 3.63) is 65.2 Å². The van der Waals surface area contributed by atoms with Crippen LogP contribution in [0.1, 0.15) is 23.1 Å². The number of aliphatic carboxylic acids is 1. The Morgan fingerprint density at radius 2 is 1.79 bits per heavy atom. The lowest BCUT2D eigenvalue weighted by atomic mass is 10.0. The SMILES string of the molecule is COC(=O)CCc1ccc(OCc2ccccc2)c(CC(=O)O)c1. The molecule has 2 rings (SSSR count). The highest BCUT2D eigenvalue weighted by Crippen LogP contribution is 2.23. The average molecular weight is 328 g/mol. The Morgan fingerprint density at radius 3 is 2.46 bits per heavy atom. The van der Waals surface area contributed by atoms with E-state index in [1.165, 1.54) is 7.11 Å². The lowest BCUT2D eigenvalue weighted by Gasteiger charge is -2.12. The predicted octanol–water partition coefficient (Wildman–Crippen LogP) is 3.00. The summed E-state index contributed by atoms with van der Waals surface area (Å²) in [6.45, 7) is 0.370. The van der Waals surface area contributed by atoms with E-state index in [4.69, 9.17) is 9.84 Å². The molecule has 5 nitrogen and oxygen atoms in total. The van der Waals surface area contributed by atoms with Gasteiger partial charge in [0.15, 0.2) is 0 Å². The van der Waals surface area contributed by atoms with Gasteiger partial charge in [0.2, 0.25) is 0 Å². The summed E-state index contributed by atoms with van der Waals surface area (Å²) in [5.41, 5.74) is 2.48. The Labute approximate surface area is 140 Å². The van der Waals surface area contributed by atoms with Crippen molar-refractivity contribution in [1.82, 2.24) is 0 Å². The van der Waals surface area contributed by atoms with E-state index in [1.807, 2.05) is 36.4 Å². The minimum Gasteiger partial charge on any atom is -0.489 e. The van der Waals surface area contributed by atoms with Crippen LogP contribution in [0.15, 0.2) is 48.5 Å². The number of rotatable bonds is 8. The number of hydrogen-bond acceptors (Lipinski definition) is 4. The molecule has 0 bridgehead atoms. The third-order valence-corrected chi connectivity index (χ3v) is 3.55. The van der Waals surface area contributed by atoms with Crippen molar-refractivity contribution in [2.75, 3.05) is 7.11 Å². The van der Waals surface area contributed by atoms with Crippen LogP contribution >= 0.6 is 0 Å². The number of carbonyl (C=O) groups excluding carboxylic acids is 1. The minimum atomic E-state index is -0.926. The molecule has 5 heteroatoms. The fraction of sp³-hybridized carbons (Fsp3) is 0.263. The van der Waals surface area contributed by atoms with Gasteiger partial charge in [0.05, 0.1) is 13.5 Å². The van der Waals surface area contributed by atoms with Gasteiger partial charge in [-0.25, -0.2) is 0 Å². The van der Waals surface area contributed by atoms with Crippen LogP contribution in [-0.2, 0) is 33.8 Å². The zero-order valence-electron chi connectivity index (χ0n) is 13.5. The Balaban J connectivity index is 2.10. The molecule has 0 aromatic heterocycles. The first-order valence-electron chi connectivity index (χ1n) is 7.65. The first kappa shape index (κ1) is 17.5. The molecular weight excluding hydrogens is 308 g/mol. The molecule has 24 heavy (non-hydrogen) atoms. The van der Waals surface area contributed by atoms with Crippen LogP contribution in [-0.4, -0.2) is 24.2 Å². The molecule has 0 saturated carbocycles. The molecule has 0 aliphatic heterocycles. The maximum atomic E-state index is 11.2. The second kappa shape index (κ2) is 8.72. The van der Waals surface area contributed by atoms with Gasteiger partial charge in [-0.3, -0.25) is 9.59 Å². The van der Waals surface area contributed by atoms with Crippen molar-refractivity contribution in [2.24, 2.45) is 0 Å². The van der Waals surface area contributed by atoms with Crippen LogP contribution < -0.4 is 4.74 Å². The maximum absolute atomic E-state index is 11.2. The highest BCUT2D eigenvalue weighted by Gasteiger charge is 2.11. The Morgan fingerprint density at radius 1 is 1.04 bits per heavy atom. The topological polar surface area (TPSA) is 72.8 Å². The number of esters is 1. The molecule has 2 aromatic rings. The summed E-state index contributed by atoms with van der Waals surface area (Å²) >= 11 is 0. The van der Waals surface area contributed by atoms with Crippen molar-refractivity contribution in [3.63, 3.8) is 0 Å². The average Bonchev–Trinajstić information content (AvgIpc) is 2.59. The monoisotopic (exact) mass is 328 g/mol. The van der Waals surface area contributed by atoms with Crippen LogP contribution in [0.5, 0.6) is 5.75 Å². The van der Waals surface area contributed by atoms with Gasteiger partial charge < -0.3 is 14.6 Å². The zero-order chi connectivity index (χ0) is 17.4. The summed E-state index contributed by atoms with van der Waals surface area (Å²) in [5, 5.41) is 9.09. The Hall–Kier alpha value is -2.82. The number of ether oxygens (including phenoxy) is 2. The van der Waals surface area contributed by atoms with Gasteiger partial charge in [-0.05, 0) is 23.6 Å². The highest BCUT2D eigenvalue weighted by atomic mass is 16.5. The second-order valence-corrected chi connectivity index (χ2v) is 5.36. The van der Waals surface area contributed by atoms with Gasteiger partial charge in [-0.2, -0.15) is 0 Å². The third-order valence-electron chi connectivity index (χ3n) is 3.55. The van der Waals surface area contributed by atoms with Crippen LogP contribution in [0.25, 0.3) is 0 Å². The summed E-state index contributed by atoms with van der Waals surface area (Å²) < 4.78 is 10.4. The Bertz CT molecular complexity index is 694. The predicted molar refractivity (Wildman–Crippen MR) is 88.9 cm³/mol. The number of carbonyl (C=O) groups is 2. The number of hydrogen-bond donors (Lipinski definition) is 1. The highest BCUT2D eigenvalue weighted by molar-refractivity contribution is 5.72. The van der Waals surface area contributed by atoms with E-state index < -0.39 is 5.97 Å². The molecule has 0 radical (unpaired) electrons. The molecule has 1 N–H and O–H groups in total. The summed E-state index contributed by atoms with van der Waals surface area (Å²) in [6.07, 6.45) is 0.627. The molecule has 0 aliphatic rings. The third kappa shape index (κ3) is 5.43. The molecule has 0 saturated heterocycles. The van der Waals surface area contributed by atoms with Gasteiger partial charge in [0.1, 0.15) is 12.4 Å². The van der Waals surface area contributed by atoms with Crippen LogP contribution in [0.2, 0.25) is 0 Å². The van der Waals surface area contributed by atoms with E-state index in [2.05, 4.69) is 4.74 Å². The van der Waals surface area contributed by atoms with E-state index >= 15 is 0 Å². The fourth-order valence-corrected chi connectivity index (χ4v) is 2.31. The number of carboxylic acid groups (broad SMARTS) is 1. The fourth-order valence-electron chi connectivity index (χ4n) is 2.31. The molecule has 126 valence electrons. The second-order valence-electron chi connectivity index (χ2n) is 5.36. The van der Waals surface area contributed by atoms with E-state index in [9.17, 15) is 9.59 Å². The maximum Gasteiger partial charge on any atom is 0.307 e. The quantitative estimate of drug-likeness (QED) is 0.754. The summed E-state index contributed by atoms with van der Waals surface area (Å²) in [4.78, 5) is 22.3. The lowest BCUT2D eigenvalue weighted by Crippen LogP contribution is -2.06. The molecule has 0 amide bonds. The van der Waals surface area contributed by atoms with E-state index in [0.717, 1.165) is 11.1 Å². The van der Waals surface area contributed by atoms with Gasteiger partial charge in [0.25, 0.3) is 0 Å². The van der Waals surface area contributed by atoms with E-state index in [1.54, 1.807) is 12.1 Å². The minimum absolute atomic E-state index is 0.129. The molecule has 0 unspecified atom stereocenters. The number of aryl methyl sites for hydroxylation is 1. The molecule has 0 aliphatic carbocycles. The van der Waals surface area contributed by atoms with Crippen molar-refractivity contribution < 1.29 is 24.2 Å². The normalized spacial score (nSPS) is 10.2. The zero-order valence-corrected chi connectivity index (χ0v) is 13.5. The molecule has 0 fully saturated rings. The lowest BCUT2D eigenvalue weighted by molar-refractivity contribution is -0.140. The van der Waals surface area contributed by atoms with Crippen molar-refractivity contribution in [3.8, 4) is 5.75 Å². The summed E-state index contributed by atoms with van der Waals surface area (Å²) in [7, 11) is 1.35. The van der Waals surface area contributed by atoms with Crippen molar-refractivity contribution in [2.45, 2.75) is 25.9 Å². The summed E-state index contributed by atoms with van der Waals surface area (Å²) in [6, 6.07) is 15.0. The molecule has 0 heterocycles. The molecule has 2 aromatic carbocycles. The largest absolute Gasteiger partial charge is 0.489 e. The standard InChI is InChI=1S/C19H20O5/c1-23-19(22)10-8-14-7-9-17(16(11-14)12-18(20)21)24-13-15-5-3-2-4-6-15/h2-7,9,11H,8,10,12-13H2,1H3,(H,20,21). The first-order valence-corrected chi connectivity index (χ1v) is 7.65. The van der Waals surface area contributed by atoms with Gasteiger partial charge in [0, 0.05) is 12.0 Å². The smallest absolute Gasteiger partial charge is 0.307 e. The molecular formula is C19H20O5. The van der Waals surface area contributed by atoms with Crippen LogP contribution in [0.3, 0.4) is 0 Å². The van der Waals surface area contributed by atoms with Crippen molar-refractivity contribution >= 4 is 11.9 Å². The van der Waals surface area contributed by atoms with Crippen molar-refractivity contribution in [1.29, 1.82) is 0 Å². The van der Waals surface area contributed by atoms with Crippen LogP contribution in [0.4, 0.5) is 0 Å². The van der Waals surface area contributed by atoms with E-state index in [-0.39, 0.29) is 18.8 Å².